The summed E-state index contributed by atoms with van der Waals surface area (Å²) >= 11 is 0. The summed E-state index contributed by atoms with van der Waals surface area (Å²) in [4.78, 5) is 21.6. The van der Waals surface area contributed by atoms with E-state index in [1.54, 1.807) is 6.07 Å². The van der Waals surface area contributed by atoms with Gasteiger partial charge in [0.05, 0.1) is 0 Å². The molecule has 2 aliphatic rings. The zero-order valence-corrected chi connectivity index (χ0v) is 10.5. The SMILES string of the molecule is CC1C2CCC1CN(c1cc(C(N)=O)ncn1)C2. The average Bonchev–Trinajstić information content (AvgIpc) is 2.61. The van der Waals surface area contributed by atoms with Crippen molar-refractivity contribution in [3.05, 3.63) is 18.1 Å². The number of hydrogen-bond acceptors (Lipinski definition) is 4. The molecule has 1 aromatic heterocycles. The molecule has 1 saturated heterocycles. The molecule has 18 heavy (non-hydrogen) atoms. The van der Waals surface area contributed by atoms with Crippen LogP contribution in [0.3, 0.4) is 0 Å². The molecule has 2 unspecified atom stereocenters. The van der Waals surface area contributed by atoms with Gasteiger partial charge in [0.25, 0.3) is 5.91 Å². The van der Waals surface area contributed by atoms with Crippen molar-refractivity contribution in [2.45, 2.75) is 19.8 Å². The van der Waals surface area contributed by atoms with E-state index in [9.17, 15) is 4.79 Å². The van der Waals surface area contributed by atoms with Crippen LogP contribution in [0, 0.1) is 17.8 Å². The maximum absolute atomic E-state index is 11.1. The topological polar surface area (TPSA) is 72.1 Å². The van der Waals surface area contributed by atoms with E-state index in [1.807, 2.05) is 0 Å². The molecule has 3 rings (SSSR count). The second kappa shape index (κ2) is 4.23. The van der Waals surface area contributed by atoms with Gasteiger partial charge in [0.2, 0.25) is 0 Å². The molecule has 5 heteroatoms. The second-order valence-corrected chi connectivity index (χ2v) is 5.49. The summed E-state index contributed by atoms with van der Waals surface area (Å²) in [5.41, 5.74) is 5.55. The second-order valence-electron chi connectivity index (χ2n) is 5.49. The number of amides is 1. The largest absolute Gasteiger partial charge is 0.364 e. The molecule has 1 saturated carbocycles. The van der Waals surface area contributed by atoms with Crippen LogP contribution in [0.5, 0.6) is 0 Å². The van der Waals surface area contributed by atoms with Crippen LogP contribution in [-0.4, -0.2) is 29.0 Å². The molecule has 1 aliphatic heterocycles. The highest BCUT2D eigenvalue weighted by Crippen LogP contribution is 2.42. The van der Waals surface area contributed by atoms with Gasteiger partial charge in [-0.3, -0.25) is 4.79 Å². The Kier molecular flexibility index (Phi) is 2.69. The third-order valence-electron chi connectivity index (χ3n) is 4.53. The predicted molar refractivity (Wildman–Crippen MR) is 68.1 cm³/mol. The van der Waals surface area contributed by atoms with Crippen molar-refractivity contribution in [2.75, 3.05) is 18.0 Å². The van der Waals surface area contributed by atoms with Crippen LogP contribution < -0.4 is 10.6 Å². The molecule has 2 bridgehead atoms. The molecule has 96 valence electrons. The van der Waals surface area contributed by atoms with E-state index in [4.69, 9.17) is 5.73 Å². The molecule has 2 atom stereocenters. The van der Waals surface area contributed by atoms with E-state index in [2.05, 4.69) is 21.8 Å². The normalized spacial score (nSPS) is 30.5. The highest BCUT2D eigenvalue weighted by atomic mass is 16.1. The molecule has 0 aromatic carbocycles. The van der Waals surface area contributed by atoms with Crippen LogP contribution in [0.1, 0.15) is 30.3 Å². The van der Waals surface area contributed by atoms with Crippen molar-refractivity contribution in [3.8, 4) is 0 Å². The lowest BCUT2D eigenvalue weighted by atomic mass is 9.87. The van der Waals surface area contributed by atoms with Gasteiger partial charge in [-0.05, 0) is 30.6 Å². The van der Waals surface area contributed by atoms with Gasteiger partial charge < -0.3 is 10.6 Å². The van der Waals surface area contributed by atoms with E-state index in [0.29, 0.717) is 5.69 Å². The summed E-state index contributed by atoms with van der Waals surface area (Å²) in [6.45, 7) is 4.42. The summed E-state index contributed by atoms with van der Waals surface area (Å²) in [6.07, 6.45) is 4.06. The maximum atomic E-state index is 11.1. The monoisotopic (exact) mass is 246 g/mol. The first-order valence-electron chi connectivity index (χ1n) is 6.52. The molecular weight excluding hydrogens is 228 g/mol. The van der Waals surface area contributed by atoms with Crippen molar-refractivity contribution in [1.29, 1.82) is 0 Å². The fourth-order valence-electron chi connectivity index (χ4n) is 3.34. The van der Waals surface area contributed by atoms with Gasteiger partial charge in [-0.15, -0.1) is 0 Å². The van der Waals surface area contributed by atoms with Crippen molar-refractivity contribution in [2.24, 2.45) is 23.5 Å². The Bertz CT molecular complexity index is 462. The lowest BCUT2D eigenvalue weighted by molar-refractivity contribution is 0.0995. The Morgan fingerprint density at radius 2 is 2.00 bits per heavy atom. The van der Waals surface area contributed by atoms with Crippen LogP contribution in [0.15, 0.2) is 12.4 Å². The summed E-state index contributed by atoms with van der Waals surface area (Å²) in [5, 5.41) is 0. The fraction of sp³-hybridized carbons (Fsp3) is 0.615. The molecule has 2 N–H and O–H groups in total. The lowest BCUT2D eigenvalue weighted by Gasteiger charge is -2.37. The van der Waals surface area contributed by atoms with Crippen LogP contribution >= 0.6 is 0 Å². The molecule has 2 heterocycles. The molecule has 1 aliphatic carbocycles. The van der Waals surface area contributed by atoms with E-state index in [1.165, 1.54) is 19.2 Å². The number of primary amides is 1. The van der Waals surface area contributed by atoms with E-state index in [0.717, 1.165) is 36.7 Å². The number of aromatic nitrogens is 2. The van der Waals surface area contributed by atoms with Crippen LogP contribution in [0.25, 0.3) is 0 Å². The quantitative estimate of drug-likeness (QED) is 0.846. The van der Waals surface area contributed by atoms with Gasteiger partial charge in [-0.25, -0.2) is 9.97 Å². The number of nitrogens with zero attached hydrogens (tertiary/aromatic N) is 3. The smallest absolute Gasteiger partial charge is 0.267 e. The Hall–Kier alpha value is -1.65. The Morgan fingerprint density at radius 1 is 1.33 bits per heavy atom. The number of carbonyl (C=O) groups excluding carboxylic acids is 1. The van der Waals surface area contributed by atoms with Crippen LogP contribution in [-0.2, 0) is 0 Å². The first-order valence-corrected chi connectivity index (χ1v) is 6.52. The molecular formula is C13H18N4O. The lowest BCUT2D eigenvalue weighted by Crippen LogP contribution is -2.41. The molecule has 2 fully saturated rings. The van der Waals surface area contributed by atoms with Crippen molar-refractivity contribution in [3.63, 3.8) is 0 Å². The number of carbonyl (C=O) groups is 1. The summed E-state index contributed by atoms with van der Waals surface area (Å²) < 4.78 is 0. The molecule has 0 spiro atoms. The third kappa shape index (κ3) is 1.83. The van der Waals surface area contributed by atoms with E-state index < -0.39 is 5.91 Å². The van der Waals surface area contributed by atoms with Gasteiger partial charge >= 0.3 is 0 Å². The minimum absolute atomic E-state index is 0.297. The summed E-state index contributed by atoms with van der Waals surface area (Å²) in [5.74, 6) is 2.68. The van der Waals surface area contributed by atoms with E-state index >= 15 is 0 Å². The highest BCUT2D eigenvalue weighted by molar-refractivity contribution is 5.91. The van der Waals surface area contributed by atoms with Crippen molar-refractivity contribution < 1.29 is 4.79 Å². The zero-order valence-electron chi connectivity index (χ0n) is 10.5. The third-order valence-corrected chi connectivity index (χ3v) is 4.53. The average molecular weight is 246 g/mol. The fourth-order valence-corrected chi connectivity index (χ4v) is 3.34. The predicted octanol–water partition coefficient (Wildman–Crippen LogP) is 1.06. The molecule has 0 radical (unpaired) electrons. The van der Waals surface area contributed by atoms with Crippen LogP contribution in [0.4, 0.5) is 5.82 Å². The minimum atomic E-state index is -0.494. The van der Waals surface area contributed by atoms with Gasteiger partial charge in [-0.2, -0.15) is 0 Å². The number of nitrogens with two attached hydrogens (primary N) is 1. The van der Waals surface area contributed by atoms with Gasteiger partial charge in [0.1, 0.15) is 17.8 Å². The Morgan fingerprint density at radius 3 is 2.61 bits per heavy atom. The number of anilines is 1. The van der Waals surface area contributed by atoms with Crippen LogP contribution in [0.2, 0.25) is 0 Å². The van der Waals surface area contributed by atoms with Crippen molar-refractivity contribution in [1.82, 2.24) is 9.97 Å². The number of piperidine rings is 1. The maximum Gasteiger partial charge on any atom is 0.267 e. The first-order chi connectivity index (χ1) is 8.65. The van der Waals surface area contributed by atoms with E-state index in [-0.39, 0.29) is 0 Å². The number of rotatable bonds is 2. The standard InChI is InChI=1S/C13H18N4O/c1-8-9-2-3-10(8)6-17(5-9)12-4-11(13(14)18)15-7-16-12/h4,7-10H,2-3,5-6H2,1H3,(H2,14,18). The summed E-state index contributed by atoms with van der Waals surface area (Å²) in [6, 6.07) is 1.71. The highest BCUT2D eigenvalue weighted by Gasteiger charge is 2.39. The number of fused-ring (bicyclic) bond motifs is 2. The van der Waals surface area contributed by atoms with Gasteiger partial charge in [-0.1, -0.05) is 6.92 Å². The Balaban J connectivity index is 1.84. The summed E-state index contributed by atoms with van der Waals surface area (Å²) in [7, 11) is 0. The van der Waals surface area contributed by atoms with Gasteiger partial charge in [0, 0.05) is 19.2 Å². The molecule has 1 aromatic rings. The molecule has 5 nitrogen and oxygen atoms in total. The zero-order chi connectivity index (χ0) is 12.7. The Labute approximate surface area is 106 Å². The first kappa shape index (κ1) is 11.4. The molecule has 1 amide bonds. The van der Waals surface area contributed by atoms with Crippen molar-refractivity contribution >= 4 is 11.7 Å². The number of hydrogen-bond donors (Lipinski definition) is 1. The minimum Gasteiger partial charge on any atom is -0.364 e. The van der Waals surface area contributed by atoms with Gasteiger partial charge in [0.15, 0.2) is 0 Å².